The molecule has 1 amide bonds. The zero-order chi connectivity index (χ0) is 13.5. The predicted octanol–water partition coefficient (Wildman–Crippen LogP) is 0.746. The third-order valence-electron chi connectivity index (χ3n) is 3.94. The van der Waals surface area contributed by atoms with E-state index in [1.807, 2.05) is 12.3 Å². The Morgan fingerprint density at radius 2 is 2.58 bits per heavy atom. The topological polar surface area (TPSA) is 62.7 Å². The standard InChI is InChI=1S/C13H18N2O3S/c1-9-14-10(7-19-9)5-12(17)15-6-11(16)13(8-15)3-2-4-18-13/h7,11,16H,2-6,8H2,1H3/t11-,13-/m0/s1. The van der Waals surface area contributed by atoms with Crippen molar-refractivity contribution in [2.45, 2.75) is 37.9 Å². The molecule has 2 aliphatic rings. The number of thiazole rings is 1. The molecule has 0 bridgehead atoms. The fourth-order valence-electron chi connectivity index (χ4n) is 2.92. The summed E-state index contributed by atoms with van der Waals surface area (Å²) < 4.78 is 5.69. The van der Waals surface area contributed by atoms with Crippen LogP contribution in [0.25, 0.3) is 0 Å². The van der Waals surface area contributed by atoms with E-state index in [0.29, 0.717) is 26.1 Å². The molecule has 5 nitrogen and oxygen atoms in total. The van der Waals surface area contributed by atoms with Gasteiger partial charge in [-0.15, -0.1) is 11.3 Å². The summed E-state index contributed by atoms with van der Waals surface area (Å²) in [5.74, 6) is 0.0247. The number of hydrogen-bond acceptors (Lipinski definition) is 5. The van der Waals surface area contributed by atoms with Crippen molar-refractivity contribution in [2.75, 3.05) is 19.7 Å². The van der Waals surface area contributed by atoms with Crippen LogP contribution in [0.2, 0.25) is 0 Å². The summed E-state index contributed by atoms with van der Waals surface area (Å²) in [5, 5.41) is 13.0. The number of carbonyl (C=O) groups excluding carboxylic acids is 1. The van der Waals surface area contributed by atoms with E-state index in [4.69, 9.17) is 4.74 Å². The number of amides is 1. The Balaban J connectivity index is 1.65. The van der Waals surface area contributed by atoms with Crippen molar-refractivity contribution >= 4 is 17.2 Å². The molecule has 3 heterocycles. The molecule has 2 aliphatic heterocycles. The first-order chi connectivity index (χ1) is 9.09. The molecule has 0 radical (unpaired) electrons. The Hall–Kier alpha value is -0.980. The minimum Gasteiger partial charge on any atom is -0.388 e. The molecule has 1 aromatic rings. The predicted molar refractivity (Wildman–Crippen MR) is 71.1 cm³/mol. The van der Waals surface area contributed by atoms with E-state index in [1.165, 1.54) is 0 Å². The van der Waals surface area contributed by atoms with Crippen LogP contribution in [-0.4, -0.2) is 52.3 Å². The summed E-state index contributed by atoms with van der Waals surface area (Å²) in [6.07, 6.45) is 1.56. The van der Waals surface area contributed by atoms with Gasteiger partial charge in [0.25, 0.3) is 0 Å². The maximum atomic E-state index is 12.2. The van der Waals surface area contributed by atoms with Crippen molar-refractivity contribution in [2.24, 2.45) is 0 Å². The van der Waals surface area contributed by atoms with Crippen LogP contribution in [-0.2, 0) is 16.0 Å². The van der Waals surface area contributed by atoms with E-state index >= 15 is 0 Å². The van der Waals surface area contributed by atoms with E-state index < -0.39 is 11.7 Å². The molecule has 1 spiro atoms. The normalized spacial score (nSPS) is 30.4. The second-order valence-corrected chi connectivity index (χ2v) is 6.40. The number of aromatic nitrogens is 1. The number of nitrogens with zero attached hydrogens (tertiary/aromatic N) is 2. The molecule has 1 N–H and O–H groups in total. The van der Waals surface area contributed by atoms with Crippen molar-refractivity contribution in [1.82, 2.24) is 9.88 Å². The quantitative estimate of drug-likeness (QED) is 0.869. The van der Waals surface area contributed by atoms with Crippen LogP contribution in [0.15, 0.2) is 5.38 Å². The number of aryl methyl sites for hydroxylation is 1. The molecule has 19 heavy (non-hydrogen) atoms. The van der Waals surface area contributed by atoms with Crippen LogP contribution < -0.4 is 0 Å². The minimum absolute atomic E-state index is 0.0247. The number of likely N-dealkylation sites (tertiary alicyclic amines) is 1. The molecule has 2 saturated heterocycles. The lowest BCUT2D eigenvalue weighted by Gasteiger charge is -2.25. The second kappa shape index (κ2) is 4.85. The molecule has 6 heteroatoms. The van der Waals surface area contributed by atoms with Gasteiger partial charge in [0.2, 0.25) is 5.91 Å². The van der Waals surface area contributed by atoms with Gasteiger partial charge in [0, 0.05) is 18.5 Å². The maximum Gasteiger partial charge on any atom is 0.228 e. The van der Waals surface area contributed by atoms with Crippen molar-refractivity contribution in [3.8, 4) is 0 Å². The van der Waals surface area contributed by atoms with Gasteiger partial charge in [-0.05, 0) is 19.8 Å². The first-order valence-corrected chi connectivity index (χ1v) is 7.48. The van der Waals surface area contributed by atoms with Gasteiger partial charge in [0.05, 0.1) is 23.7 Å². The highest BCUT2D eigenvalue weighted by molar-refractivity contribution is 7.09. The van der Waals surface area contributed by atoms with Gasteiger partial charge in [-0.1, -0.05) is 0 Å². The number of aliphatic hydroxyl groups is 1. The summed E-state index contributed by atoms with van der Waals surface area (Å²) in [7, 11) is 0. The minimum atomic E-state index is -0.559. The third-order valence-corrected chi connectivity index (χ3v) is 4.77. The average molecular weight is 282 g/mol. The number of rotatable bonds is 2. The lowest BCUT2D eigenvalue weighted by molar-refractivity contribution is -0.130. The van der Waals surface area contributed by atoms with Crippen molar-refractivity contribution in [1.29, 1.82) is 0 Å². The summed E-state index contributed by atoms with van der Waals surface area (Å²) >= 11 is 1.55. The molecule has 1 aromatic heterocycles. The lowest BCUT2D eigenvalue weighted by atomic mass is 9.97. The van der Waals surface area contributed by atoms with Gasteiger partial charge in [0.1, 0.15) is 11.7 Å². The molecule has 3 rings (SSSR count). The Labute approximate surface area is 116 Å². The Kier molecular flexibility index (Phi) is 3.32. The van der Waals surface area contributed by atoms with Crippen molar-refractivity contribution in [3.05, 3.63) is 16.1 Å². The van der Waals surface area contributed by atoms with Crippen molar-refractivity contribution < 1.29 is 14.6 Å². The lowest BCUT2D eigenvalue weighted by Crippen LogP contribution is -2.41. The molecule has 0 saturated carbocycles. The van der Waals surface area contributed by atoms with E-state index in [0.717, 1.165) is 23.5 Å². The monoisotopic (exact) mass is 282 g/mol. The van der Waals surface area contributed by atoms with Crippen LogP contribution in [0.5, 0.6) is 0 Å². The summed E-state index contributed by atoms with van der Waals surface area (Å²) in [6.45, 7) is 3.50. The van der Waals surface area contributed by atoms with Crippen molar-refractivity contribution in [3.63, 3.8) is 0 Å². The van der Waals surface area contributed by atoms with E-state index in [9.17, 15) is 9.90 Å². The largest absolute Gasteiger partial charge is 0.388 e. The zero-order valence-corrected chi connectivity index (χ0v) is 11.8. The zero-order valence-electron chi connectivity index (χ0n) is 11.0. The summed E-state index contributed by atoms with van der Waals surface area (Å²) in [6, 6.07) is 0. The van der Waals surface area contributed by atoms with Gasteiger partial charge in [-0.2, -0.15) is 0 Å². The first kappa shape index (κ1) is 13.0. The Bertz CT molecular complexity index is 482. The molecule has 104 valence electrons. The van der Waals surface area contributed by atoms with Crippen LogP contribution in [0, 0.1) is 6.92 Å². The highest BCUT2D eigenvalue weighted by Gasteiger charge is 2.50. The van der Waals surface area contributed by atoms with E-state index in [2.05, 4.69) is 4.98 Å². The molecule has 2 fully saturated rings. The fraction of sp³-hybridized carbons (Fsp3) is 0.692. The second-order valence-electron chi connectivity index (χ2n) is 5.34. The van der Waals surface area contributed by atoms with Gasteiger partial charge in [0.15, 0.2) is 0 Å². The number of ether oxygens (including phenoxy) is 1. The van der Waals surface area contributed by atoms with Gasteiger partial charge < -0.3 is 14.7 Å². The molecular formula is C13H18N2O3S. The number of β-amino-alcohol motifs (C(OH)–C–C–N with tert-alkyl or cyclic N) is 1. The summed E-state index contributed by atoms with van der Waals surface area (Å²) in [4.78, 5) is 18.3. The number of aliphatic hydroxyl groups excluding tert-OH is 1. The van der Waals surface area contributed by atoms with Crippen LogP contribution in [0.3, 0.4) is 0 Å². The maximum absolute atomic E-state index is 12.2. The van der Waals surface area contributed by atoms with E-state index in [-0.39, 0.29) is 5.91 Å². The fourth-order valence-corrected chi connectivity index (χ4v) is 3.53. The third kappa shape index (κ3) is 2.40. The molecule has 0 unspecified atom stereocenters. The van der Waals surface area contributed by atoms with Gasteiger partial charge in [-0.25, -0.2) is 4.98 Å². The van der Waals surface area contributed by atoms with Gasteiger partial charge in [-0.3, -0.25) is 4.79 Å². The molecule has 2 atom stereocenters. The highest BCUT2D eigenvalue weighted by Crippen LogP contribution is 2.35. The molecular weight excluding hydrogens is 264 g/mol. The van der Waals surface area contributed by atoms with Crippen LogP contribution in [0.1, 0.15) is 23.5 Å². The molecule has 0 aromatic carbocycles. The summed E-state index contributed by atoms with van der Waals surface area (Å²) in [5.41, 5.74) is 0.309. The average Bonchev–Trinajstić information content (AvgIpc) is 3.05. The highest BCUT2D eigenvalue weighted by atomic mass is 32.1. The van der Waals surface area contributed by atoms with Crippen LogP contribution in [0.4, 0.5) is 0 Å². The smallest absolute Gasteiger partial charge is 0.228 e. The molecule has 0 aliphatic carbocycles. The van der Waals surface area contributed by atoms with Gasteiger partial charge >= 0.3 is 0 Å². The van der Waals surface area contributed by atoms with E-state index in [1.54, 1.807) is 16.2 Å². The number of carbonyl (C=O) groups is 1. The Morgan fingerprint density at radius 3 is 3.21 bits per heavy atom. The first-order valence-electron chi connectivity index (χ1n) is 6.60. The number of hydrogen-bond donors (Lipinski definition) is 1. The Morgan fingerprint density at radius 1 is 1.74 bits per heavy atom. The van der Waals surface area contributed by atoms with Crippen LogP contribution >= 0.6 is 11.3 Å². The SMILES string of the molecule is Cc1nc(CC(=O)N2C[C@H](O)[C@]3(CCCO3)C2)cs1.